The first kappa shape index (κ1) is 19.5. The van der Waals surface area contributed by atoms with Gasteiger partial charge in [-0.3, -0.25) is 4.79 Å². The van der Waals surface area contributed by atoms with Crippen LogP contribution in [0.5, 0.6) is 5.75 Å². The van der Waals surface area contributed by atoms with Crippen LogP contribution in [0.4, 0.5) is 5.69 Å². The van der Waals surface area contributed by atoms with E-state index in [9.17, 15) is 13.2 Å². The third-order valence-electron chi connectivity index (χ3n) is 3.28. The highest BCUT2D eigenvalue weighted by atomic mass is 35.5. The minimum absolute atomic E-state index is 0.0301. The number of hydrogen-bond donors (Lipinski definition) is 2. The number of hydrogen-bond acceptors (Lipinski definition) is 4. The highest BCUT2D eigenvalue weighted by Gasteiger charge is 2.22. The van der Waals surface area contributed by atoms with Crippen molar-refractivity contribution in [3.05, 3.63) is 52.5 Å². The zero-order valence-electron chi connectivity index (χ0n) is 13.4. The van der Waals surface area contributed by atoms with Crippen LogP contribution in [0.2, 0.25) is 10.0 Å². The van der Waals surface area contributed by atoms with E-state index in [1.807, 2.05) is 0 Å². The number of rotatable bonds is 6. The largest absolute Gasteiger partial charge is 0.497 e. The second kappa shape index (κ2) is 8.05. The first-order chi connectivity index (χ1) is 11.7. The summed E-state index contributed by atoms with van der Waals surface area (Å²) in [6, 6.07) is 9.41. The molecule has 2 aromatic carbocycles. The minimum atomic E-state index is -3.85. The number of halogens is 2. The molecule has 2 rings (SSSR count). The molecule has 2 N–H and O–H groups in total. The average molecular weight is 403 g/mol. The standard InChI is InChI=1S/C16H16Cl2N2O4S/c1-10(16(21)19-11-3-8-14(17)15(18)9-11)20-25(22,23)13-6-4-12(24-2)5-7-13/h3-10,20H,1-2H3,(H,19,21). The summed E-state index contributed by atoms with van der Waals surface area (Å²) < 4.78 is 32.0. The van der Waals surface area contributed by atoms with E-state index in [4.69, 9.17) is 27.9 Å². The van der Waals surface area contributed by atoms with E-state index in [0.29, 0.717) is 16.5 Å². The Labute approximate surface area is 156 Å². The molecule has 1 amide bonds. The summed E-state index contributed by atoms with van der Waals surface area (Å²) in [5.74, 6) is -0.000153. The number of anilines is 1. The van der Waals surface area contributed by atoms with Crippen molar-refractivity contribution < 1.29 is 17.9 Å². The molecule has 6 nitrogen and oxygen atoms in total. The summed E-state index contributed by atoms with van der Waals surface area (Å²) in [5.41, 5.74) is 0.412. The van der Waals surface area contributed by atoms with E-state index in [1.54, 1.807) is 6.07 Å². The topological polar surface area (TPSA) is 84.5 Å². The molecule has 0 aliphatic heterocycles. The summed E-state index contributed by atoms with van der Waals surface area (Å²) >= 11 is 11.7. The molecule has 0 bridgehead atoms. The summed E-state index contributed by atoms with van der Waals surface area (Å²) in [5, 5.41) is 3.21. The van der Waals surface area contributed by atoms with E-state index in [0.717, 1.165) is 0 Å². The van der Waals surface area contributed by atoms with Crippen molar-refractivity contribution in [2.45, 2.75) is 17.9 Å². The molecule has 0 heterocycles. The van der Waals surface area contributed by atoms with E-state index >= 15 is 0 Å². The van der Waals surface area contributed by atoms with E-state index in [1.165, 1.54) is 50.4 Å². The third-order valence-corrected chi connectivity index (χ3v) is 5.58. The van der Waals surface area contributed by atoms with Gasteiger partial charge < -0.3 is 10.1 Å². The Morgan fingerprint density at radius 1 is 1.08 bits per heavy atom. The minimum Gasteiger partial charge on any atom is -0.497 e. The van der Waals surface area contributed by atoms with Crippen molar-refractivity contribution >= 4 is 44.8 Å². The second-order valence-electron chi connectivity index (χ2n) is 5.14. The van der Waals surface area contributed by atoms with Crippen LogP contribution in [-0.4, -0.2) is 27.5 Å². The van der Waals surface area contributed by atoms with Crippen LogP contribution in [0.15, 0.2) is 47.4 Å². The molecule has 1 atom stereocenters. The normalized spacial score (nSPS) is 12.5. The van der Waals surface area contributed by atoms with Crippen LogP contribution in [0, 0.1) is 0 Å². The Morgan fingerprint density at radius 3 is 2.28 bits per heavy atom. The fraction of sp³-hybridized carbons (Fsp3) is 0.188. The maximum Gasteiger partial charge on any atom is 0.242 e. The third kappa shape index (κ3) is 5.09. The highest BCUT2D eigenvalue weighted by Crippen LogP contribution is 2.25. The van der Waals surface area contributed by atoms with Crippen molar-refractivity contribution in [2.24, 2.45) is 0 Å². The Balaban J connectivity index is 2.07. The molecule has 0 fully saturated rings. The van der Waals surface area contributed by atoms with Gasteiger partial charge in [-0.25, -0.2) is 8.42 Å². The van der Waals surface area contributed by atoms with E-state index in [2.05, 4.69) is 10.0 Å². The van der Waals surface area contributed by atoms with Crippen LogP contribution >= 0.6 is 23.2 Å². The van der Waals surface area contributed by atoms with Gasteiger partial charge in [-0.1, -0.05) is 23.2 Å². The number of carbonyl (C=O) groups is 1. The zero-order valence-corrected chi connectivity index (χ0v) is 15.7. The first-order valence-electron chi connectivity index (χ1n) is 7.15. The van der Waals surface area contributed by atoms with Crippen LogP contribution in [0.1, 0.15) is 6.92 Å². The molecule has 0 aliphatic rings. The van der Waals surface area contributed by atoms with Crippen molar-refractivity contribution in [2.75, 3.05) is 12.4 Å². The van der Waals surface area contributed by atoms with Gasteiger partial charge in [-0.05, 0) is 49.4 Å². The molecular weight excluding hydrogens is 387 g/mol. The monoisotopic (exact) mass is 402 g/mol. The second-order valence-corrected chi connectivity index (χ2v) is 7.67. The van der Waals surface area contributed by atoms with E-state index in [-0.39, 0.29) is 9.92 Å². The van der Waals surface area contributed by atoms with Crippen LogP contribution in [-0.2, 0) is 14.8 Å². The van der Waals surface area contributed by atoms with Crippen molar-refractivity contribution in [3.8, 4) is 5.75 Å². The molecule has 0 aromatic heterocycles. The molecule has 134 valence electrons. The Morgan fingerprint density at radius 2 is 1.72 bits per heavy atom. The number of methoxy groups -OCH3 is 1. The molecule has 9 heteroatoms. The predicted molar refractivity (Wildman–Crippen MR) is 97.9 cm³/mol. The van der Waals surface area contributed by atoms with E-state index < -0.39 is 22.0 Å². The van der Waals surface area contributed by atoms with Crippen molar-refractivity contribution in [1.29, 1.82) is 0 Å². The fourth-order valence-electron chi connectivity index (χ4n) is 1.93. The number of nitrogens with one attached hydrogen (secondary N) is 2. The van der Waals surface area contributed by atoms with Crippen LogP contribution < -0.4 is 14.8 Å². The number of amides is 1. The molecule has 2 aromatic rings. The molecular formula is C16H16Cl2N2O4S. The number of ether oxygens (including phenoxy) is 1. The smallest absolute Gasteiger partial charge is 0.242 e. The molecule has 0 aliphatic carbocycles. The molecule has 0 saturated heterocycles. The molecule has 0 saturated carbocycles. The Kier molecular flexibility index (Phi) is 6.29. The predicted octanol–water partition coefficient (Wildman–Crippen LogP) is 3.31. The Bertz CT molecular complexity index is 870. The molecule has 0 radical (unpaired) electrons. The van der Waals surface area contributed by atoms with Crippen LogP contribution in [0.3, 0.4) is 0 Å². The first-order valence-corrected chi connectivity index (χ1v) is 9.39. The molecule has 1 unspecified atom stereocenters. The quantitative estimate of drug-likeness (QED) is 0.775. The summed E-state index contributed by atoms with van der Waals surface area (Å²) in [7, 11) is -2.37. The maximum absolute atomic E-state index is 12.3. The number of sulfonamides is 1. The van der Waals surface area contributed by atoms with Gasteiger partial charge >= 0.3 is 0 Å². The lowest BCUT2D eigenvalue weighted by atomic mass is 10.3. The van der Waals surface area contributed by atoms with Crippen LogP contribution in [0.25, 0.3) is 0 Å². The summed E-state index contributed by atoms with van der Waals surface area (Å²) in [6.45, 7) is 1.44. The van der Waals surface area contributed by atoms with Gasteiger partial charge in [-0.15, -0.1) is 0 Å². The highest BCUT2D eigenvalue weighted by molar-refractivity contribution is 7.89. The fourth-order valence-corrected chi connectivity index (χ4v) is 3.43. The maximum atomic E-state index is 12.3. The van der Waals surface area contributed by atoms with Gasteiger partial charge in [0, 0.05) is 5.69 Å². The summed E-state index contributed by atoms with van der Waals surface area (Å²) in [6.07, 6.45) is 0. The van der Waals surface area contributed by atoms with Gasteiger partial charge in [0.1, 0.15) is 5.75 Å². The molecule has 0 spiro atoms. The lowest BCUT2D eigenvalue weighted by molar-refractivity contribution is -0.117. The number of carbonyl (C=O) groups excluding carboxylic acids is 1. The van der Waals surface area contributed by atoms with Crippen molar-refractivity contribution in [3.63, 3.8) is 0 Å². The lowest BCUT2D eigenvalue weighted by Crippen LogP contribution is -2.41. The van der Waals surface area contributed by atoms with Gasteiger partial charge in [0.25, 0.3) is 0 Å². The van der Waals surface area contributed by atoms with Gasteiger partial charge in [0.05, 0.1) is 28.1 Å². The van der Waals surface area contributed by atoms with Crippen molar-refractivity contribution in [1.82, 2.24) is 4.72 Å². The SMILES string of the molecule is COc1ccc(S(=O)(=O)NC(C)C(=O)Nc2ccc(Cl)c(Cl)c2)cc1. The summed E-state index contributed by atoms with van der Waals surface area (Å²) in [4.78, 5) is 12.2. The van der Waals surface area contributed by atoms with Gasteiger partial charge in [0.2, 0.25) is 15.9 Å². The Hall–Kier alpha value is -1.80. The zero-order chi connectivity index (χ0) is 18.6. The molecule has 25 heavy (non-hydrogen) atoms. The average Bonchev–Trinajstić information content (AvgIpc) is 2.57. The lowest BCUT2D eigenvalue weighted by Gasteiger charge is -2.15. The van der Waals surface area contributed by atoms with Gasteiger partial charge in [0.15, 0.2) is 0 Å². The van der Waals surface area contributed by atoms with Gasteiger partial charge in [-0.2, -0.15) is 4.72 Å². The number of benzene rings is 2.